The summed E-state index contributed by atoms with van der Waals surface area (Å²) in [6, 6.07) is 7.49. The Morgan fingerprint density at radius 1 is 1.05 bits per heavy atom. The van der Waals surface area contributed by atoms with Crippen LogP contribution in [0.4, 0.5) is 0 Å². The fraction of sp³-hybridized carbons (Fsp3) is 0.625. The van der Waals surface area contributed by atoms with Crippen molar-refractivity contribution in [1.29, 1.82) is 0 Å². The number of nitrogens with two attached hydrogens (primary N) is 1. The molecule has 1 rings (SSSR count). The Balaban J connectivity index is 2.81. The van der Waals surface area contributed by atoms with Gasteiger partial charge < -0.3 is 5.73 Å². The lowest BCUT2D eigenvalue weighted by molar-refractivity contribution is 0.575. The Morgan fingerprint density at radius 2 is 1.55 bits per heavy atom. The molecule has 1 aromatic carbocycles. The van der Waals surface area contributed by atoms with E-state index in [4.69, 9.17) is 5.73 Å². The van der Waals surface area contributed by atoms with E-state index in [9.17, 15) is 8.42 Å². The van der Waals surface area contributed by atoms with E-state index in [1.54, 1.807) is 0 Å². The van der Waals surface area contributed by atoms with Gasteiger partial charge in [-0.25, -0.2) is 8.42 Å². The fourth-order valence-corrected chi connectivity index (χ4v) is 4.07. The fourth-order valence-electron chi connectivity index (χ4n) is 2.18. The van der Waals surface area contributed by atoms with Crippen molar-refractivity contribution in [2.24, 2.45) is 11.7 Å². The normalized spacial score (nSPS) is 14.6. The Labute approximate surface area is 123 Å². The summed E-state index contributed by atoms with van der Waals surface area (Å²) >= 11 is 0. The first-order valence-electron chi connectivity index (χ1n) is 7.08. The second kappa shape index (κ2) is 6.27. The van der Waals surface area contributed by atoms with Gasteiger partial charge in [0.15, 0.2) is 9.84 Å². The van der Waals surface area contributed by atoms with Crippen LogP contribution in [0, 0.1) is 5.92 Å². The lowest BCUT2D eigenvalue weighted by atomic mass is 9.86. The minimum absolute atomic E-state index is 0.0139. The average Bonchev–Trinajstić information content (AvgIpc) is 2.25. The lowest BCUT2D eigenvalue weighted by Gasteiger charge is -2.20. The van der Waals surface area contributed by atoms with Crippen molar-refractivity contribution >= 4 is 9.84 Å². The summed E-state index contributed by atoms with van der Waals surface area (Å²) in [4.78, 5) is 0. The van der Waals surface area contributed by atoms with Gasteiger partial charge in [0.2, 0.25) is 0 Å². The Hall–Kier alpha value is -0.870. The highest BCUT2D eigenvalue weighted by Gasteiger charge is 2.20. The molecule has 20 heavy (non-hydrogen) atoms. The van der Waals surface area contributed by atoms with E-state index in [0.29, 0.717) is 0 Å². The smallest absolute Gasteiger partial charge is 0.152 e. The van der Waals surface area contributed by atoms with Gasteiger partial charge in [-0.15, -0.1) is 0 Å². The van der Waals surface area contributed by atoms with Crippen molar-refractivity contribution in [2.75, 3.05) is 11.5 Å². The zero-order valence-corrected chi connectivity index (χ0v) is 14.0. The van der Waals surface area contributed by atoms with Crippen LogP contribution in [0.1, 0.15) is 51.8 Å². The standard InChI is InChI=1S/C16H27NO2S/c1-12(2)10-20(18,19)11-15(17)13-6-8-14(9-7-13)16(3,4)5/h6-9,12,15H,10-11,17H2,1-5H3. The molecule has 3 nitrogen and oxygen atoms in total. The van der Waals surface area contributed by atoms with Gasteiger partial charge in [-0.05, 0) is 22.5 Å². The first-order valence-corrected chi connectivity index (χ1v) is 8.90. The SMILES string of the molecule is CC(C)CS(=O)(=O)CC(N)c1ccc(C(C)(C)C)cc1. The third kappa shape index (κ3) is 5.25. The number of rotatable bonds is 5. The topological polar surface area (TPSA) is 60.2 Å². The van der Waals surface area contributed by atoms with Crippen LogP contribution >= 0.6 is 0 Å². The molecule has 0 spiro atoms. The van der Waals surface area contributed by atoms with E-state index >= 15 is 0 Å². The molecule has 0 aliphatic carbocycles. The summed E-state index contributed by atoms with van der Waals surface area (Å²) in [6.45, 7) is 10.3. The molecule has 0 aliphatic rings. The zero-order valence-electron chi connectivity index (χ0n) is 13.2. The first kappa shape index (κ1) is 17.2. The molecule has 0 saturated heterocycles. The van der Waals surface area contributed by atoms with Gasteiger partial charge in [-0.3, -0.25) is 0 Å². The summed E-state index contributed by atoms with van der Waals surface area (Å²) in [5.74, 6) is 0.344. The van der Waals surface area contributed by atoms with Gasteiger partial charge in [0.25, 0.3) is 0 Å². The number of hydrogen-bond donors (Lipinski definition) is 1. The molecule has 0 fully saturated rings. The van der Waals surface area contributed by atoms with Gasteiger partial charge in [0, 0.05) is 6.04 Å². The van der Waals surface area contributed by atoms with Crippen LogP contribution in [0.5, 0.6) is 0 Å². The van der Waals surface area contributed by atoms with E-state index in [0.717, 1.165) is 5.56 Å². The quantitative estimate of drug-likeness (QED) is 0.908. The van der Waals surface area contributed by atoms with Gasteiger partial charge in [0.1, 0.15) is 0 Å². The molecule has 0 aromatic heterocycles. The molecule has 2 N–H and O–H groups in total. The largest absolute Gasteiger partial charge is 0.323 e. The van der Waals surface area contributed by atoms with Gasteiger partial charge >= 0.3 is 0 Å². The number of hydrogen-bond acceptors (Lipinski definition) is 3. The van der Waals surface area contributed by atoms with E-state index < -0.39 is 15.9 Å². The summed E-state index contributed by atoms with van der Waals surface area (Å²) in [6.07, 6.45) is 0. The van der Waals surface area contributed by atoms with Crippen molar-refractivity contribution in [2.45, 2.75) is 46.1 Å². The van der Waals surface area contributed by atoms with E-state index in [-0.39, 0.29) is 22.8 Å². The second-order valence-corrected chi connectivity index (χ2v) is 9.10. The van der Waals surface area contributed by atoms with Crippen LogP contribution in [0.25, 0.3) is 0 Å². The lowest BCUT2D eigenvalue weighted by Crippen LogP contribution is -2.25. The summed E-state index contributed by atoms with van der Waals surface area (Å²) in [7, 11) is -3.09. The Bertz CT molecular complexity index is 525. The maximum atomic E-state index is 12.0. The summed E-state index contributed by atoms with van der Waals surface area (Å²) < 4.78 is 23.9. The van der Waals surface area contributed by atoms with Crippen molar-refractivity contribution < 1.29 is 8.42 Å². The van der Waals surface area contributed by atoms with Crippen molar-refractivity contribution in [1.82, 2.24) is 0 Å². The molecule has 0 amide bonds. The predicted molar refractivity (Wildman–Crippen MR) is 85.6 cm³/mol. The van der Waals surface area contributed by atoms with E-state index in [1.165, 1.54) is 5.56 Å². The minimum atomic E-state index is -3.09. The number of benzene rings is 1. The highest BCUT2D eigenvalue weighted by molar-refractivity contribution is 7.91. The Morgan fingerprint density at radius 3 is 1.95 bits per heavy atom. The molecular weight excluding hydrogens is 270 g/mol. The van der Waals surface area contributed by atoms with Crippen LogP contribution in [0.2, 0.25) is 0 Å². The molecule has 114 valence electrons. The van der Waals surface area contributed by atoms with Crippen molar-refractivity contribution in [3.63, 3.8) is 0 Å². The maximum Gasteiger partial charge on any atom is 0.152 e. The third-order valence-electron chi connectivity index (χ3n) is 3.23. The van der Waals surface area contributed by atoms with Crippen molar-refractivity contribution in [3.8, 4) is 0 Å². The highest BCUT2D eigenvalue weighted by atomic mass is 32.2. The molecule has 0 aliphatic heterocycles. The molecule has 0 radical (unpaired) electrons. The molecule has 1 atom stereocenters. The Kier molecular flexibility index (Phi) is 5.39. The maximum absolute atomic E-state index is 12.0. The highest BCUT2D eigenvalue weighted by Crippen LogP contribution is 2.24. The van der Waals surface area contributed by atoms with Crippen LogP contribution in [0.3, 0.4) is 0 Å². The van der Waals surface area contributed by atoms with Gasteiger partial charge in [-0.2, -0.15) is 0 Å². The molecule has 0 bridgehead atoms. The molecule has 0 saturated carbocycles. The van der Waals surface area contributed by atoms with Crippen LogP contribution in [-0.4, -0.2) is 19.9 Å². The number of sulfone groups is 1. The first-order chi connectivity index (χ1) is 9.01. The van der Waals surface area contributed by atoms with Crippen molar-refractivity contribution in [3.05, 3.63) is 35.4 Å². The predicted octanol–water partition coefficient (Wildman–Crippen LogP) is 3.05. The van der Waals surface area contributed by atoms with Crippen LogP contribution < -0.4 is 5.73 Å². The third-order valence-corrected chi connectivity index (χ3v) is 5.27. The monoisotopic (exact) mass is 297 g/mol. The molecule has 4 heteroatoms. The van der Waals surface area contributed by atoms with Crippen LogP contribution in [0.15, 0.2) is 24.3 Å². The summed E-state index contributed by atoms with van der Waals surface area (Å²) in [5, 5.41) is 0. The second-order valence-electron chi connectivity index (χ2n) is 6.95. The molecule has 1 aromatic rings. The minimum Gasteiger partial charge on any atom is -0.323 e. The summed E-state index contributed by atoms with van der Waals surface area (Å²) in [5.41, 5.74) is 8.23. The van der Waals surface area contributed by atoms with E-state index in [1.807, 2.05) is 38.1 Å². The van der Waals surface area contributed by atoms with Gasteiger partial charge in [-0.1, -0.05) is 58.9 Å². The molecular formula is C16H27NO2S. The molecule has 0 heterocycles. The average molecular weight is 297 g/mol. The van der Waals surface area contributed by atoms with Crippen LogP contribution in [-0.2, 0) is 15.3 Å². The van der Waals surface area contributed by atoms with E-state index in [2.05, 4.69) is 20.8 Å². The molecule has 1 unspecified atom stereocenters. The zero-order chi connectivity index (χ0) is 15.6. The van der Waals surface area contributed by atoms with Gasteiger partial charge in [0.05, 0.1) is 11.5 Å².